The summed E-state index contributed by atoms with van der Waals surface area (Å²) in [7, 11) is 0. The van der Waals surface area contributed by atoms with Crippen LogP contribution in [0.25, 0.3) is 0 Å². The third kappa shape index (κ3) is 2.99. The van der Waals surface area contributed by atoms with E-state index in [1.54, 1.807) is 16.7 Å². The van der Waals surface area contributed by atoms with Gasteiger partial charge in [-0.05, 0) is 30.9 Å². The highest BCUT2D eigenvalue weighted by molar-refractivity contribution is 7.99. The second-order valence-electron chi connectivity index (χ2n) is 5.50. The molecule has 1 heterocycles. The molecule has 2 rings (SSSR count). The number of amides is 1. The number of aliphatic carboxylic acids is 1. The summed E-state index contributed by atoms with van der Waals surface area (Å²) in [5, 5.41) is 9.55. The number of carbonyl (C=O) groups excluding carboxylic acids is 1. The molecule has 0 aromatic rings. The Morgan fingerprint density at radius 3 is 2.56 bits per heavy atom. The predicted molar refractivity (Wildman–Crippen MR) is 71.5 cm³/mol. The highest BCUT2D eigenvalue weighted by atomic mass is 32.2. The summed E-state index contributed by atoms with van der Waals surface area (Å²) in [5.74, 6) is -0.227. The summed E-state index contributed by atoms with van der Waals surface area (Å²) in [6, 6.07) is 0. The van der Waals surface area contributed by atoms with E-state index in [9.17, 15) is 14.7 Å². The van der Waals surface area contributed by atoms with E-state index in [4.69, 9.17) is 0 Å². The van der Waals surface area contributed by atoms with Gasteiger partial charge in [0, 0.05) is 24.8 Å². The molecule has 1 aliphatic heterocycles. The molecule has 0 bridgehead atoms. The minimum Gasteiger partial charge on any atom is -0.481 e. The normalized spacial score (nSPS) is 29.3. The molecule has 0 radical (unpaired) electrons. The van der Waals surface area contributed by atoms with Gasteiger partial charge in [-0.1, -0.05) is 6.92 Å². The molecule has 1 saturated heterocycles. The number of likely N-dealkylation sites (tertiary alicyclic amines) is 1. The summed E-state index contributed by atoms with van der Waals surface area (Å²) < 4.78 is 0. The van der Waals surface area contributed by atoms with Crippen LogP contribution in [-0.4, -0.2) is 46.5 Å². The van der Waals surface area contributed by atoms with Crippen molar-refractivity contribution in [2.24, 2.45) is 17.8 Å². The van der Waals surface area contributed by atoms with Crippen molar-refractivity contribution in [2.75, 3.05) is 19.3 Å². The van der Waals surface area contributed by atoms with Crippen molar-refractivity contribution in [3.05, 3.63) is 0 Å². The number of carboxylic acids is 1. The molecule has 5 heteroatoms. The number of hydrogen-bond acceptors (Lipinski definition) is 3. The zero-order valence-corrected chi connectivity index (χ0v) is 11.8. The van der Waals surface area contributed by atoms with Crippen LogP contribution in [0.15, 0.2) is 0 Å². The summed E-state index contributed by atoms with van der Waals surface area (Å²) >= 11 is 1.67. The maximum atomic E-state index is 12.1. The lowest BCUT2D eigenvalue weighted by Gasteiger charge is -2.18. The summed E-state index contributed by atoms with van der Waals surface area (Å²) in [5.41, 5.74) is 0. The molecule has 4 nitrogen and oxygen atoms in total. The molecule has 2 aliphatic rings. The first-order chi connectivity index (χ1) is 8.52. The van der Waals surface area contributed by atoms with Gasteiger partial charge in [0.15, 0.2) is 0 Å². The maximum Gasteiger partial charge on any atom is 0.308 e. The molecule has 1 amide bonds. The highest BCUT2D eigenvalue weighted by Gasteiger charge is 2.46. The van der Waals surface area contributed by atoms with Crippen molar-refractivity contribution in [3.8, 4) is 0 Å². The Kier molecular flexibility index (Phi) is 4.20. The Morgan fingerprint density at radius 1 is 1.39 bits per heavy atom. The Labute approximate surface area is 112 Å². The largest absolute Gasteiger partial charge is 0.481 e. The first kappa shape index (κ1) is 13.7. The van der Waals surface area contributed by atoms with Crippen molar-refractivity contribution in [1.29, 1.82) is 0 Å². The molecule has 102 valence electrons. The second kappa shape index (κ2) is 5.51. The molecule has 0 aromatic carbocycles. The summed E-state index contributed by atoms with van der Waals surface area (Å²) in [4.78, 5) is 25.1. The zero-order valence-electron chi connectivity index (χ0n) is 11.0. The molecule has 1 aliphatic carbocycles. The van der Waals surface area contributed by atoms with E-state index in [1.165, 1.54) is 0 Å². The van der Waals surface area contributed by atoms with Crippen LogP contribution in [0.3, 0.4) is 0 Å². The van der Waals surface area contributed by atoms with Gasteiger partial charge >= 0.3 is 5.97 Å². The van der Waals surface area contributed by atoms with Crippen molar-refractivity contribution < 1.29 is 14.7 Å². The van der Waals surface area contributed by atoms with E-state index in [-0.39, 0.29) is 17.7 Å². The quantitative estimate of drug-likeness (QED) is 0.827. The third-order valence-electron chi connectivity index (χ3n) is 4.13. The standard InChI is InChI=1S/C13H21NO3S/c1-8(18-2)5-12(15)14-6-10(9-3-4-9)11(7-14)13(16)17/h8-11H,3-7H2,1-2H3,(H,16,17)/t8?,10-,11+/m1/s1. The fourth-order valence-corrected chi connectivity index (χ4v) is 3.06. The van der Waals surface area contributed by atoms with Crippen LogP contribution in [0.4, 0.5) is 0 Å². The van der Waals surface area contributed by atoms with Gasteiger partial charge in [-0.2, -0.15) is 11.8 Å². The number of carboxylic acid groups (broad SMARTS) is 1. The lowest BCUT2D eigenvalue weighted by atomic mass is 9.92. The molecule has 1 unspecified atom stereocenters. The Balaban J connectivity index is 1.95. The van der Waals surface area contributed by atoms with Crippen molar-refractivity contribution in [2.45, 2.75) is 31.4 Å². The minimum atomic E-state index is -0.736. The molecule has 1 saturated carbocycles. The fraction of sp³-hybridized carbons (Fsp3) is 0.846. The maximum absolute atomic E-state index is 12.1. The molecular formula is C13H21NO3S. The van der Waals surface area contributed by atoms with E-state index in [0.29, 0.717) is 30.7 Å². The number of nitrogens with zero attached hydrogens (tertiary/aromatic N) is 1. The SMILES string of the molecule is CSC(C)CC(=O)N1C[C@H](C(=O)O)[C@@H](C2CC2)C1. The van der Waals surface area contributed by atoms with Crippen LogP contribution < -0.4 is 0 Å². The smallest absolute Gasteiger partial charge is 0.308 e. The van der Waals surface area contributed by atoms with Crippen LogP contribution in [0.2, 0.25) is 0 Å². The molecule has 2 fully saturated rings. The molecule has 18 heavy (non-hydrogen) atoms. The summed E-state index contributed by atoms with van der Waals surface area (Å²) in [6.07, 6.45) is 4.79. The number of carbonyl (C=O) groups is 2. The summed E-state index contributed by atoms with van der Waals surface area (Å²) in [6.45, 7) is 3.10. The number of thioether (sulfide) groups is 1. The molecular weight excluding hydrogens is 250 g/mol. The Morgan fingerprint density at radius 2 is 2.06 bits per heavy atom. The highest BCUT2D eigenvalue weighted by Crippen LogP contribution is 2.44. The van der Waals surface area contributed by atoms with Crippen molar-refractivity contribution >= 4 is 23.6 Å². The molecule has 0 spiro atoms. The van der Waals surface area contributed by atoms with Gasteiger partial charge < -0.3 is 10.0 Å². The van der Waals surface area contributed by atoms with E-state index in [0.717, 1.165) is 12.8 Å². The minimum absolute atomic E-state index is 0.117. The lowest BCUT2D eigenvalue weighted by molar-refractivity contribution is -0.142. The lowest BCUT2D eigenvalue weighted by Crippen LogP contribution is -2.31. The van der Waals surface area contributed by atoms with Gasteiger partial charge in [0.05, 0.1) is 5.92 Å². The van der Waals surface area contributed by atoms with Gasteiger partial charge in [-0.15, -0.1) is 0 Å². The van der Waals surface area contributed by atoms with Crippen LogP contribution >= 0.6 is 11.8 Å². The third-order valence-corrected chi connectivity index (χ3v) is 5.10. The van der Waals surface area contributed by atoms with Gasteiger partial charge in [-0.25, -0.2) is 0 Å². The van der Waals surface area contributed by atoms with Gasteiger partial charge in [0.2, 0.25) is 5.91 Å². The van der Waals surface area contributed by atoms with E-state index in [1.807, 2.05) is 13.2 Å². The number of hydrogen-bond donors (Lipinski definition) is 1. The van der Waals surface area contributed by atoms with E-state index in [2.05, 4.69) is 0 Å². The van der Waals surface area contributed by atoms with Crippen LogP contribution in [0.1, 0.15) is 26.2 Å². The average Bonchev–Trinajstić information content (AvgIpc) is 3.07. The number of rotatable bonds is 5. The first-order valence-corrected chi connectivity index (χ1v) is 7.85. The monoisotopic (exact) mass is 271 g/mol. The molecule has 0 aromatic heterocycles. The zero-order chi connectivity index (χ0) is 13.3. The van der Waals surface area contributed by atoms with Crippen molar-refractivity contribution in [3.63, 3.8) is 0 Å². The Hall–Kier alpha value is -0.710. The van der Waals surface area contributed by atoms with Gasteiger partial charge in [0.1, 0.15) is 0 Å². The van der Waals surface area contributed by atoms with Gasteiger partial charge in [-0.3, -0.25) is 9.59 Å². The second-order valence-corrected chi connectivity index (χ2v) is 6.77. The van der Waals surface area contributed by atoms with Gasteiger partial charge in [0.25, 0.3) is 0 Å². The Bertz CT molecular complexity index is 343. The van der Waals surface area contributed by atoms with E-state index < -0.39 is 5.97 Å². The van der Waals surface area contributed by atoms with Crippen LogP contribution in [0, 0.1) is 17.8 Å². The van der Waals surface area contributed by atoms with Crippen molar-refractivity contribution in [1.82, 2.24) is 4.90 Å². The topological polar surface area (TPSA) is 57.6 Å². The average molecular weight is 271 g/mol. The first-order valence-electron chi connectivity index (χ1n) is 6.56. The molecule has 3 atom stereocenters. The van der Waals surface area contributed by atoms with Crippen LogP contribution in [0.5, 0.6) is 0 Å². The van der Waals surface area contributed by atoms with Crippen LogP contribution in [-0.2, 0) is 9.59 Å². The fourth-order valence-electron chi connectivity index (χ4n) is 2.75. The molecule has 1 N–H and O–H groups in total. The van der Waals surface area contributed by atoms with E-state index >= 15 is 0 Å². The predicted octanol–water partition coefficient (Wildman–Crippen LogP) is 1.70.